The molecule has 1 amide bonds. The first-order valence-corrected chi connectivity index (χ1v) is 10.9. The molecule has 0 saturated carbocycles. The fraction of sp³-hybridized carbons (Fsp3) is 0.263. The highest BCUT2D eigenvalue weighted by Crippen LogP contribution is 2.25. The number of thiazole rings is 1. The lowest BCUT2D eigenvalue weighted by molar-refractivity contribution is 0.102. The summed E-state index contributed by atoms with van der Waals surface area (Å²) >= 11 is 1.56. The molecule has 3 aromatic rings. The van der Waals surface area contributed by atoms with E-state index in [-0.39, 0.29) is 16.8 Å². The Kier molecular flexibility index (Phi) is 5.59. The van der Waals surface area contributed by atoms with E-state index < -0.39 is 10.0 Å². The first kappa shape index (κ1) is 19.5. The van der Waals surface area contributed by atoms with Crippen LogP contribution in [0, 0.1) is 6.92 Å². The van der Waals surface area contributed by atoms with Gasteiger partial charge in [0.1, 0.15) is 0 Å². The van der Waals surface area contributed by atoms with Gasteiger partial charge in [0.25, 0.3) is 5.91 Å². The quantitative estimate of drug-likeness (QED) is 0.653. The third-order valence-electron chi connectivity index (χ3n) is 4.15. The molecule has 0 spiro atoms. The van der Waals surface area contributed by atoms with Gasteiger partial charge < -0.3 is 5.32 Å². The van der Waals surface area contributed by atoms with Crippen molar-refractivity contribution in [2.75, 3.05) is 5.32 Å². The number of hydrogen-bond donors (Lipinski definition) is 2. The lowest BCUT2D eigenvalue weighted by Gasteiger charge is -2.12. The number of aryl methyl sites for hydroxylation is 1. The summed E-state index contributed by atoms with van der Waals surface area (Å²) in [7, 11) is -3.58. The zero-order chi connectivity index (χ0) is 19.6. The molecule has 3 rings (SSSR count). The van der Waals surface area contributed by atoms with Crippen LogP contribution in [0.15, 0.2) is 47.4 Å². The lowest BCUT2D eigenvalue weighted by atomic mass is 10.2. The maximum Gasteiger partial charge on any atom is 0.255 e. The molecule has 1 aromatic heterocycles. The number of carbonyl (C=O) groups is 1. The van der Waals surface area contributed by atoms with Crippen LogP contribution in [0.5, 0.6) is 0 Å². The average molecular weight is 404 g/mol. The highest BCUT2D eigenvalue weighted by molar-refractivity contribution is 7.89. The Morgan fingerprint density at radius 2 is 1.89 bits per heavy atom. The maximum absolute atomic E-state index is 12.5. The van der Waals surface area contributed by atoms with E-state index in [0.717, 1.165) is 15.2 Å². The Bertz CT molecular complexity index is 1070. The highest BCUT2D eigenvalue weighted by Gasteiger charge is 2.17. The van der Waals surface area contributed by atoms with Gasteiger partial charge in [-0.25, -0.2) is 18.1 Å². The Morgan fingerprint density at radius 3 is 2.56 bits per heavy atom. The smallest absolute Gasteiger partial charge is 0.255 e. The van der Waals surface area contributed by atoms with Gasteiger partial charge in [0.15, 0.2) is 0 Å². The molecule has 0 bridgehead atoms. The minimum Gasteiger partial charge on any atom is -0.322 e. The molecule has 0 fully saturated rings. The Morgan fingerprint density at radius 1 is 1.19 bits per heavy atom. The van der Waals surface area contributed by atoms with Crippen molar-refractivity contribution in [3.8, 4) is 0 Å². The van der Waals surface area contributed by atoms with Gasteiger partial charge in [-0.2, -0.15) is 0 Å². The van der Waals surface area contributed by atoms with Gasteiger partial charge in [-0.05, 0) is 62.7 Å². The predicted octanol–water partition coefficient (Wildman–Crippen LogP) is 3.93. The lowest BCUT2D eigenvalue weighted by Crippen LogP contribution is -2.32. The first-order valence-electron chi connectivity index (χ1n) is 8.59. The third-order valence-corrected chi connectivity index (χ3v) is 6.69. The number of hydrogen-bond acceptors (Lipinski definition) is 5. The number of anilines is 1. The number of carbonyl (C=O) groups excluding carboxylic acids is 1. The molecule has 0 aliphatic heterocycles. The Hall–Kier alpha value is -2.29. The van der Waals surface area contributed by atoms with Crippen LogP contribution in [0.1, 0.15) is 35.6 Å². The van der Waals surface area contributed by atoms with Crippen molar-refractivity contribution in [1.29, 1.82) is 0 Å². The Balaban J connectivity index is 1.74. The van der Waals surface area contributed by atoms with E-state index in [1.54, 1.807) is 24.3 Å². The number of sulfonamides is 1. The van der Waals surface area contributed by atoms with E-state index in [0.29, 0.717) is 17.7 Å². The van der Waals surface area contributed by atoms with Crippen molar-refractivity contribution in [3.05, 3.63) is 53.0 Å². The van der Waals surface area contributed by atoms with Crippen LogP contribution < -0.4 is 10.0 Å². The van der Waals surface area contributed by atoms with E-state index in [1.807, 2.05) is 26.0 Å². The Labute approximate surface area is 162 Å². The monoisotopic (exact) mass is 403 g/mol. The minimum atomic E-state index is -3.58. The van der Waals surface area contributed by atoms with Gasteiger partial charge in [-0.1, -0.05) is 6.92 Å². The van der Waals surface area contributed by atoms with Gasteiger partial charge >= 0.3 is 0 Å². The molecule has 142 valence electrons. The predicted molar refractivity (Wildman–Crippen MR) is 109 cm³/mol. The molecule has 1 heterocycles. The zero-order valence-corrected chi connectivity index (χ0v) is 16.9. The van der Waals surface area contributed by atoms with Crippen molar-refractivity contribution < 1.29 is 13.2 Å². The van der Waals surface area contributed by atoms with E-state index in [2.05, 4.69) is 15.0 Å². The van der Waals surface area contributed by atoms with Gasteiger partial charge in [0.2, 0.25) is 10.0 Å². The molecule has 6 nitrogen and oxygen atoms in total. The number of nitrogens with one attached hydrogen (secondary N) is 2. The summed E-state index contributed by atoms with van der Waals surface area (Å²) in [5, 5.41) is 3.80. The van der Waals surface area contributed by atoms with E-state index in [4.69, 9.17) is 0 Å². The van der Waals surface area contributed by atoms with Crippen molar-refractivity contribution in [1.82, 2.24) is 9.71 Å². The van der Waals surface area contributed by atoms with Gasteiger partial charge in [-0.15, -0.1) is 11.3 Å². The van der Waals surface area contributed by atoms with Crippen LogP contribution in [0.2, 0.25) is 0 Å². The zero-order valence-electron chi connectivity index (χ0n) is 15.3. The summed E-state index contributed by atoms with van der Waals surface area (Å²) in [5.41, 5.74) is 1.96. The molecular formula is C19H21N3O3S2. The molecular weight excluding hydrogens is 382 g/mol. The molecule has 0 aliphatic rings. The normalized spacial score (nSPS) is 12.9. The minimum absolute atomic E-state index is 0.140. The van der Waals surface area contributed by atoms with Crippen LogP contribution in [0.4, 0.5) is 5.69 Å². The van der Waals surface area contributed by atoms with E-state index in [1.165, 1.54) is 24.3 Å². The molecule has 0 saturated heterocycles. The van der Waals surface area contributed by atoms with Crippen LogP contribution in [-0.2, 0) is 10.0 Å². The number of aromatic nitrogens is 1. The summed E-state index contributed by atoms with van der Waals surface area (Å²) in [6.07, 6.45) is 0.698. The number of fused-ring (bicyclic) bond motifs is 1. The molecule has 0 radical (unpaired) electrons. The molecule has 0 aliphatic carbocycles. The standard InChI is InChI=1S/C19H21N3O3S2/c1-4-12(2)22-27(24,25)16-8-5-14(6-9-16)19(23)21-15-7-10-17-18(11-15)26-13(3)20-17/h5-12,22H,4H2,1-3H3,(H,21,23)/t12-/m1/s1. The second kappa shape index (κ2) is 7.75. The van der Waals surface area contributed by atoms with Crippen molar-refractivity contribution >= 4 is 43.2 Å². The second-order valence-electron chi connectivity index (χ2n) is 6.32. The van der Waals surface area contributed by atoms with Crippen LogP contribution in [0.3, 0.4) is 0 Å². The van der Waals surface area contributed by atoms with Crippen molar-refractivity contribution in [2.45, 2.75) is 38.1 Å². The SMILES string of the molecule is CC[C@@H](C)NS(=O)(=O)c1ccc(C(=O)Nc2ccc3nc(C)sc3c2)cc1. The molecule has 27 heavy (non-hydrogen) atoms. The van der Waals surface area contributed by atoms with Crippen LogP contribution >= 0.6 is 11.3 Å². The van der Waals surface area contributed by atoms with E-state index in [9.17, 15) is 13.2 Å². The molecule has 8 heteroatoms. The fourth-order valence-corrected chi connectivity index (χ4v) is 4.72. The largest absolute Gasteiger partial charge is 0.322 e. The summed E-state index contributed by atoms with van der Waals surface area (Å²) < 4.78 is 28.2. The summed E-state index contributed by atoms with van der Waals surface area (Å²) in [4.78, 5) is 17.0. The van der Waals surface area contributed by atoms with Gasteiger partial charge in [0.05, 0.1) is 20.1 Å². The number of rotatable bonds is 6. The number of benzene rings is 2. The molecule has 1 atom stereocenters. The van der Waals surface area contributed by atoms with Crippen LogP contribution in [-0.4, -0.2) is 25.4 Å². The average Bonchev–Trinajstić information content (AvgIpc) is 3.00. The number of nitrogens with zero attached hydrogens (tertiary/aromatic N) is 1. The maximum atomic E-state index is 12.5. The second-order valence-corrected chi connectivity index (χ2v) is 9.27. The highest BCUT2D eigenvalue weighted by atomic mass is 32.2. The molecule has 0 unspecified atom stereocenters. The topological polar surface area (TPSA) is 88.2 Å². The molecule has 2 aromatic carbocycles. The summed E-state index contributed by atoms with van der Waals surface area (Å²) in [5.74, 6) is -0.297. The van der Waals surface area contributed by atoms with Crippen LogP contribution in [0.25, 0.3) is 10.2 Å². The number of amides is 1. The fourth-order valence-electron chi connectivity index (χ4n) is 2.52. The summed E-state index contributed by atoms with van der Waals surface area (Å²) in [6.45, 7) is 5.65. The van der Waals surface area contributed by atoms with E-state index >= 15 is 0 Å². The molecule has 2 N–H and O–H groups in total. The summed E-state index contributed by atoms with van der Waals surface area (Å²) in [6, 6.07) is 11.3. The van der Waals surface area contributed by atoms with Gasteiger partial charge in [0, 0.05) is 17.3 Å². The van der Waals surface area contributed by atoms with Crippen molar-refractivity contribution in [2.24, 2.45) is 0 Å². The third kappa shape index (κ3) is 4.52. The van der Waals surface area contributed by atoms with Gasteiger partial charge in [-0.3, -0.25) is 4.79 Å². The first-order chi connectivity index (χ1) is 12.8. The van der Waals surface area contributed by atoms with Crippen molar-refractivity contribution in [3.63, 3.8) is 0 Å².